The summed E-state index contributed by atoms with van der Waals surface area (Å²) in [6.45, 7) is 5.28. The van der Waals surface area contributed by atoms with Gasteiger partial charge in [0.2, 0.25) is 0 Å². The van der Waals surface area contributed by atoms with Gasteiger partial charge in [-0.25, -0.2) is 0 Å². The molecule has 4 unspecified atom stereocenters. The molecule has 1 saturated heterocycles. The van der Waals surface area contributed by atoms with Gasteiger partial charge in [-0.2, -0.15) is 0 Å². The number of piperidine rings is 1. The van der Waals surface area contributed by atoms with Crippen LogP contribution in [0.15, 0.2) is 0 Å². The largest absolute Gasteiger partial charge is 0.392 e. The number of hydrogen-bond acceptors (Lipinski definition) is 2. The highest BCUT2D eigenvalue weighted by Gasteiger charge is 2.40. The van der Waals surface area contributed by atoms with Crippen LogP contribution >= 0.6 is 0 Å². The van der Waals surface area contributed by atoms with Crippen molar-refractivity contribution in [2.45, 2.75) is 51.3 Å². The second-order valence-corrected chi connectivity index (χ2v) is 4.51. The molecule has 2 nitrogen and oxygen atoms in total. The smallest absolute Gasteiger partial charge is 0.0664 e. The van der Waals surface area contributed by atoms with Crippen molar-refractivity contribution in [2.24, 2.45) is 5.92 Å². The van der Waals surface area contributed by atoms with Gasteiger partial charge in [-0.15, -0.1) is 0 Å². The zero-order valence-electron chi connectivity index (χ0n) is 8.03. The van der Waals surface area contributed by atoms with Gasteiger partial charge in [0.15, 0.2) is 0 Å². The highest BCUT2D eigenvalue weighted by molar-refractivity contribution is 4.95. The third-order valence-electron chi connectivity index (χ3n) is 3.67. The van der Waals surface area contributed by atoms with Crippen LogP contribution in [0, 0.1) is 5.92 Å². The Bertz CT molecular complexity index is 169. The molecule has 2 aliphatic rings. The average molecular weight is 169 g/mol. The number of aliphatic hydroxyl groups excluding tert-OH is 1. The third-order valence-corrected chi connectivity index (χ3v) is 3.67. The molecule has 0 aromatic heterocycles. The lowest BCUT2D eigenvalue weighted by molar-refractivity contribution is 0.0516. The Hall–Kier alpha value is -0.0800. The van der Waals surface area contributed by atoms with Crippen molar-refractivity contribution in [1.82, 2.24) is 4.90 Å². The van der Waals surface area contributed by atoms with E-state index in [-0.39, 0.29) is 6.10 Å². The number of nitrogens with zero attached hydrogens (tertiary/aromatic N) is 1. The van der Waals surface area contributed by atoms with E-state index in [1.54, 1.807) is 0 Å². The molecule has 1 aliphatic carbocycles. The number of hydrogen-bond donors (Lipinski definition) is 1. The Morgan fingerprint density at radius 2 is 2.08 bits per heavy atom. The van der Waals surface area contributed by atoms with Gasteiger partial charge in [-0.05, 0) is 39.0 Å². The van der Waals surface area contributed by atoms with Gasteiger partial charge in [-0.1, -0.05) is 0 Å². The first-order valence-corrected chi connectivity index (χ1v) is 5.12. The maximum absolute atomic E-state index is 9.47. The zero-order chi connectivity index (χ0) is 8.72. The molecular weight excluding hydrogens is 150 g/mol. The second kappa shape index (κ2) is 3.00. The van der Waals surface area contributed by atoms with E-state index in [9.17, 15) is 5.11 Å². The van der Waals surface area contributed by atoms with Gasteiger partial charge in [0.1, 0.15) is 0 Å². The summed E-state index contributed by atoms with van der Waals surface area (Å²) in [5, 5.41) is 9.47. The molecule has 1 heterocycles. The van der Waals surface area contributed by atoms with E-state index in [0.29, 0.717) is 6.04 Å². The molecule has 0 amide bonds. The highest BCUT2D eigenvalue weighted by Crippen LogP contribution is 2.38. The summed E-state index contributed by atoms with van der Waals surface area (Å²) < 4.78 is 0. The monoisotopic (exact) mass is 169 g/mol. The summed E-state index contributed by atoms with van der Waals surface area (Å²) in [6, 6.07) is 1.15. The molecule has 1 saturated carbocycles. The minimum atomic E-state index is -0.177. The van der Waals surface area contributed by atoms with Gasteiger partial charge in [0.25, 0.3) is 0 Å². The van der Waals surface area contributed by atoms with Crippen LogP contribution in [0.5, 0.6) is 0 Å². The van der Waals surface area contributed by atoms with E-state index in [4.69, 9.17) is 0 Å². The molecule has 1 N–H and O–H groups in total. The normalized spacial score (nSPS) is 40.2. The standard InChI is InChI=1S/C10H19NO/c1-7(8(2)12)11-6-9-3-4-10(11)5-9/h7-10,12H,3-6H2,1-2H3. The molecule has 2 bridgehead atoms. The van der Waals surface area contributed by atoms with Crippen LogP contribution in [-0.2, 0) is 0 Å². The topological polar surface area (TPSA) is 23.5 Å². The molecule has 2 heteroatoms. The average Bonchev–Trinajstić information content (AvgIpc) is 2.62. The van der Waals surface area contributed by atoms with Gasteiger partial charge >= 0.3 is 0 Å². The first kappa shape index (κ1) is 8.52. The molecule has 12 heavy (non-hydrogen) atoms. The summed E-state index contributed by atoms with van der Waals surface area (Å²) in [6.07, 6.45) is 4.00. The number of rotatable bonds is 2. The first-order valence-electron chi connectivity index (χ1n) is 5.12. The Morgan fingerprint density at radius 3 is 2.50 bits per heavy atom. The van der Waals surface area contributed by atoms with Crippen molar-refractivity contribution in [1.29, 1.82) is 0 Å². The Morgan fingerprint density at radius 1 is 1.33 bits per heavy atom. The summed E-state index contributed by atoms with van der Waals surface area (Å²) >= 11 is 0. The number of aliphatic hydroxyl groups is 1. The van der Waals surface area contributed by atoms with E-state index in [1.165, 1.54) is 25.8 Å². The molecule has 0 aromatic rings. The number of fused-ring (bicyclic) bond motifs is 2. The maximum Gasteiger partial charge on any atom is 0.0664 e. The number of likely N-dealkylation sites (tertiary alicyclic amines) is 1. The molecule has 2 fully saturated rings. The van der Waals surface area contributed by atoms with Crippen molar-refractivity contribution in [2.75, 3.05) is 6.54 Å². The van der Waals surface area contributed by atoms with E-state index < -0.39 is 0 Å². The van der Waals surface area contributed by atoms with Gasteiger partial charge < -0.3 is 5.11 Å². The Labute approximate surface area is 74.6 Å². The van der Waals surface area contributed by atoms with Crippen LogP contribution in [0.25, 0.3) is 0 Å². The Kier molecular flexibility index (Phi) is 2.13. The van der Waals surface area contributed by atoms with Crippen molar-refractivity contribution >= 4 is 0 Å². The minimum absolute atomic E-state index is 0.177. The summed E-state index contributed by atoms with van der Waals surface area (Å²) in [5.41, 5.74) is 0. The van der Waals surface area contributed by atoms with Crippen LogP contribution in [0.2, 0.25) is 0 Å². The summed E-state index contributed by atoms with van der Waals surface area (Å²) in [5.74, 6) is 0.941. The highest BCUT2D eigenvalue weighted by atomic mass is 16.3. The van der Waals surface area contributed by atoms with Crippen LogP contribution in [0.1, 0.15) is 33.1 Å². The lowest BCUT2D eigenvalue weighted by atomic mass is 10.1. The van der Waals surface area contributed by atoms with Crippen molar-refractivity contribution in [3.05, 3.63) is 0 Å². The summed E-state index contributed by atoms with van der Waals surface area (Å²) in [4.78, 5) is 2.50. The zero-order valence-corrected chi connectivity index (χ0v) is 8.03. The molecule has 4 atom stereocenters. The van der Waals surface area contributed by atoms with Gasteiger partial charge in [-0.3, -0.25) is 4.90 Å². The fourth-order valence-electron chi connectivity index (χ4n) is 2.74. The van der Waals surface area contributed by atoms with E-state index in [1.807, 2.05) is 6.92 Å². The minimum Gasteiger partial charge on any atom is -0.392 e. The summed E-state index contributed by atoms with van der Waals surface area (Å²) in [7, 11) is 0. The van der Waals surface area contributed by atoms with Gasteiger partial charge in [0.05, 0.1) is 6.10 Å². The van der Waals surface area contributed by atoms with Crippen molar-refractivity contribution in [3.63, 3.8) is 0 Å². The van der Waals surface area contributed by atoms with Crippen molar-refractivity contribution in [3.8, 4) is 0 Å². The fraction of sp³-hybridized carbons (Fsp3) is 1.00. The SMILES string of the molecule is CC(O)C(C)N1CC2CCC1C2. The Balaban J connectivity index is 1.97. The molecule has 0 radical (unpaired) electrons. The second-order valence-electron chi connectivity index (χ2n) is 4.51. The predicted molar refractivity (Wildman–Crippen MR) is 49.0 cm³/mol. The van der Waals surface area contributed by atoms with E-state index >= 15 is 0 Å². The van der Waals surface area contributed by atoms with Crippen LogP contribution in [-0.4, -0.2) is 34.7 Å². The van der Waals surface area contributed by atoms with E-state index in [2.05, 4.69) is 11.8 Å². The van der Waals surface area contributed by atoms with Crippen LogP contribution in [0.4, 0.5) is 0 Å². The van der Waals surface area contributed by atoms with Gasteiger partial charge in [0, 0.05) is 18.6 Å². The van der Waals surface area contributed by atoms with E-state index in [0.717, 1.165) is 12.0 Å². The van der Waals surface area contributed by atoms with Crippen LogP contribution in [0.3, 0.4) is 0 Å². The molecule has 1 aliphatic heterocycles. The molecule has 70 valence electrons. The first-order chi connectivity index (χ1) is 5.68. The molecule has 2 rings (SSSR count). The van der Waals surface area contributed by atoms with Crippen LogP contribution < -0.4 is 0 Å². The quantitative estimate of drug-likeness (QED) is 0.672. The predicted octanol–water partition coefficient (Wildman–Crippen LogP) is 1.24. The molecule has 0 aromatic carbocycles. The fourth-order valence-corrected chi connectivity index (χ4v) is 2.74. The lowest BCUT2D eigenvalue weighted by Gasteiger charge is -2.34. The lowest BCUT2D eigenvalue weighted by Crippen LogP contribution is -2.44. The maximum atomic E-state index is 9.47. The molecular formula is C10H19NO. The molecule has 0 spiro atoms. The van der Waals surface area contributed by atoms with Crippen molar-refractivity contribution < 1.29 is 5.11 Å². The third kappa shape index (κ3) is 1.27.